The molecule has 0 aromatic heterocycles. The molecule has 138 valence electrons. The highest BCUT2D eigenvalue weighted by Crippen LogP contribution is 2.31. The molecule has 2 rings (SSSR count). The molecule has 25 heavy (non-hydrogen) atoms. The van der Waals surface area contributed by atoms with Crippen LogP contribution in [0.3, 0.4) is 0 Å². The maximum absolute atomic E-state index is 12.1. The van der Waals surface area contributed by atoms with Crippen molar-refractivity contribution in [2.24, 2.45) is 5.92 Å². The van der Waals surface area contributed by atoms with Gasteiger partial charge in [-0.25, -0.2) is 4.79 Å². The summed E-state index contributed by atoms with van der Waals surface area (Å²) in [7, 11) is 1.73. The van der Waals surface area contributed by atoms with Crippen molar-refractivity contribution in [2.75, 3.05) is 31.6 Å². The number of benzene rings is 1. The van der Waals surface area contributed by atoms with Crippen molar-refractivity contribution >= 4 is 17.5 Å². The van der Waals surface area contributed by atoms with E-state index in [1.54, 1.807) is 24.1 Å². The molecule has 7 nitrogen and oxygen atoms in total. The van der Waals surface area contributed by atoms with Gasteiger partial charge in [0.15, 0.2) is 0 Å². The van der Waals surface area contributed by atoms with Gasteiger partial charge in [-0.2, -0.15) is 0 Å². The maximum atomic E-state index is 12.1. The summed E-state index contributed by atoms with van der Waals surface area (Å²) in [4.78, 5) is 26.7. The van der Waals surface area contributed by atoms with Crippen molar-refractivity contribution in [3.05, 3.63) is 34.4 Å². The van der Waals surface area contributed by atoms with Crippen LogP contribution in [-0.4, -0.2) is 48.2 Å². The number of para-hydroxylation sites is 2. The van der Waals surface area contributed by atoms with Crippen LogP contribution in [0.25, 0.3) is 0 Å². The van der Waals surface area contributed by atoms with Gasteiger partial charge < -0.3 is 14.5 Å². The molecular weight excluding hydrogens is 322 g/mol. The van der Waals surface area contributed by atoms with Crippen LogP contribution >= 0.6 is 0 Å². The molecule has 1 aliphatic heterocycles. The van der Waals surface area contributed by atoms with Gasteiger partial charge in [-0.15, -0.1) is 0 Å². The fraction of sp³-hybridized carbons (Fsp3) is 0.611. The second-order valence-electron chi connectivity index (χ2n) is 7.56. The number of hydrogen-bond acceptors (Lipinski definition) is 5. The first-order valence-electron chi connectivity index (χ1n) is 8.60. The minimum Gasteiger partial charge on any atom is -0.444 e. The maximum Gasteiger partial charge on any atom is 0.410 e. The summed E-state index contributed by atoms with van der Waals surface area (Å²) in [5, 5.41) is 11.3. The highest BCUT2D eigenvalue weighted by Gasteiger charge is 2.28. The molecule has 0 unspecified atom stereocenters. The Kier molecular flexibility index (Phi) is 5.87. The third-order valence-corrected chi connectivity index (χ3v) is 4.18. The molecule has 0 bridgehead atoms. The lowest BCUT2D eigenvalue weighted by Crippen LogP contribution is -2.43. The average molecular weight is 349 g/mol. The molecule has 0 saturated carbocycles. The van der Waals surface area contributed by atoms with E-state index in [1.165, 1.54) is 6.07 Å². The molecule has 1 saturated heterocycles. The van der Waals surface area contributed by atoms with Crippen LogP contribution in [0.1, 0.15) is 33.6 Å². The van der Waals surface area contributed by atoms with Gasteiger partial charge >= 0.3 is 6.09 Å². The van der Waals surface area contributed by atoms with Gasteiger partial charge in [0.05, 0.1) is 4.92 Å². The molecular formula is C18H27N3O4. The molecule has 1 aromatic carbocycles. The number of nitro benzene ring substituents is 1. The van der Waals surface area contributed by atoms with Crippen LogP contribution in [0, 0.1) is 16.0 Å². The van der Waals surface area contributed by atoms with Gasteiger partial charge in [0.2, 0.25) is 0 Å². The number of ether oxygens (including phenoxy) is 1. The van der Waals surface area contributed by atoms with E-state index in [2.05, 4.69) is 4.90 Å². The summed E-state index contributed by atoms with van der Waals surface area (Å²) in [6, 6.07) is 6.82. The minimum absolute atomic E-state index is 0.128. The van der Waals surface area contributed by atoms with Crippen LogP contribution in [0.4, 0.5) is 16.2 Å². The molecule has 1 fully saturated rings. The van der Waals surface area contributed by atoms with Crippen LogP contribution < -0.4 is 4.90 Å². The van der Waals surface area contributed by atoms with E-state index in [4.69, 9.17) is 4.74 Å². The van der Waals surface area contributed by atoms with E-state index < -0.39 is 5.60 Å². The van der Waals surface area contributed by atoms with Crippen molar-refractivity contribution in [1.29, 1.82) is 0 Å². The van der Waals surface area contributed by atoms with Gasteiger partial charge in [0.1, 0.15) is 11.3 Å². The molecule has 1 heterocycles. The first kappa shape index (κ1) is 19.0. The SMILES string of the molecule is CN(C[C@@H]1CCCN(c2ccccc2[N+](=O)[O-])C1)C(=O)OC(C)(C)C. The largest absolute Gasteiger partial charge is 0.444 e. The summed E-state index contributed by atoms with van der Waals surface area (Å²) < 4.78 is 5.39. The lowest BCUT2D eigenvalue weighted by atomic mass is 9.97. The Bertz CT molecular complexity index is 627. The Morgan fingerprint density at radius 2 is 2.08 bits per heavy atom. The summed E-state index contributed by atoms with van der Waals surface area (Å²) in [6.45, 7) is 7.59. The Morgan fingerprint density at radius 3 is 2.72 bits per heavy atom. The minimum atomic E-state index is -0.519. The zero-order chi connectivity index (χ0) is 18.6. The second-order valence-corrected chi connectivity index (χ2v) is 7.56. The van der Waals surface area contributed by atoms with Crippen LogP contribution in [0.15, 0.2) is 24.3 Å². The lowest BCUT2D eigenvalue weighted by molar-refractivity contribution is -0.384. The predicted molar refractivity (Wildman–Crippen MR) is 96.9 cm³/mol. The molecule has 1 amide bonds. The van der Waals surface area contributed by atoms with Crippen molar-refractivity contribution in [2.45, 2.75) is 39.2 Å². The first-order chi connectivity index (χ1) is 11.7. The number of anilines is 1. The Hall–Kier alpha value is -2.31. The van der Waals surface area contributed by atoms with Gasteiger partial charge in [-0.3, -0.25) is 10.1 Å². The number of nitro groups is 1. The van der Waals surface area contributed by atoms with E-state index in [1.807, 2.05) is 26.8 Å². The Morgan fingerprint density at radius 1 is 1.40 bits per heavy atom. The second kappa shape index (κ2) is 7.72. The normalized spacial score (nSPS) is 17.9. The quantitative estimate of drug-likeness (QED) is 0.612. The molecule has 0 spiro atoms. The highest BCUT2D eigenvalue weighted by molar-refractivity contribution is 5.67. The van der Waals surface area contributed by atoms with Crippen molar-refractivity contribution in [3.8, 4) is 0 Å². The number of rotatable bonds is 4. The monoisotopic (exact) mass is 349 g/mol. The van der Waals surface area contributed by atoms with E-state index in [-0.39, 0.29) is 22.6 Å². The number of carbonyl (C=O) groups excluding carboxylic acids is 1. The summed E-state index contributed by atoms with van der Waals surface area (Å²) in [6.07, 6.45) is 1.60. The zero-order valence-electron chi connectivity index (χ0n) is 15.4. The Labute approximate surface area is 148 Å². The summed E-state index contributed by atoms with van der Waals surface area (Å²) in [5.74, 6) is 0.256. The van der Waals surface area contributed by atoms with Crippen molar-refractivity contribution < 1.29 is 14.5 Å². The molecule has 7 heteroatoms. The molecule has 1 aromatic rings. The number of nitrogens with zero attached hydrogens (tertiary/aromatic N) is 3. The third kappa shape index (κ3) is 5.34. The predicted octanol–water partition coefficient (Wildman–Crippen LogP) is 3.68. The topological polar surface area (TPSA) is 75.9 Å². The average Bonchev–Trinajstić information content (AvgIpc) is 2.53. The summed E-state index contributed by atoms with van der Waals surface area (Å²) in [5.41, 5.74) is 0.259. The van der Waals surface area contributed by atoms with E-state index in [0.29, 0.717) is 18.8 Å². The molecule has 1 aliphatic rings. The molecule has 0 radical (unpaired) electrons. The number of carbonyl (C=O) groups is 1. The standard InChI is InChI=1S/C18H27N3O4/c1-18(2,3)25-17(22)19(4)12-14-8-7-11-20(13-14)15-9-5-6-10-16(15)21(23)24/h5-6,9-10,14H,7-8,11-13H2,1-4H3/t14-/m0/s1. The molecule has 0 aliphatic carbocycles. The van der Waals surface area contributed by atoms with Crippen LogP contribution in [0.2, 0.25) is 0 Å². The third-order valence-electron chi connectivity index (χ3n) is 4.18. The first-order valence-corrected chi connectivity index (χ1v) is 8.60. The molecule has 0 N–H and O–H groups in total. The van der Waals surface area contributed by atoms with Gasteiger partial charge in [0.25, 0.3) is 5.69 Å². The number of hydrogen-bond donors (Lipinski definition) is 0. The van der Waals surface area contributed by atoms with Gasteiger partial charge in [-0.05, 0) is 45.6 Å². The van der Waals surface area contributed by atoms with E-state index in [0.717, 1.165) is 19.4 Å². The van der Waals surface area contributed by atoms with E-state index >= 15 is 0 Å². The zero-order valence-corrected chi connectivity index (χ0v) is 15.4. The van der Waals surface area contributed by atoms with Gasteiger partial charge in [0, 0.05) is 32.7 Å². The van der Waals surface area contributed by atoms with Crippen LogP contribution in [-0.2, 0) is 4.74 Å². The smallest absolute Gasteiger partial charge is 0.410 e. The van der Waals surface area contributed by atoms with Crippen LogP contribution in [0.5, 0.6) is 0 Å². The van der Waals surface area contributed by atoms with Gasteiger partial charge in [-0.1, -0.05) is 12.1 Å². The Balaban J connectivity index is 2.02. The molecule has 1 atom stereocenters. The van der Waals surface area contributed by atoms with E-state index in [9.17, 15) is 14.9 Å². The summed E-state index contributed by atoms with van der Waals surface area (Å²) >= 11 is 0. The van der Waals surface area contributed by atoms with Crippen molar-refractivity contribution in [3.63, 3.8) is 0 Å². The highest BCUT2D eigenvalue weighted by atomic mass is 16.6. The van der Waals surface area contributed by atoms with Crippen molar-refractivity contribution in [1.82, 2.24) is 4.90 Å². The fourth-order valence-electron chi connectivity index (χ4n) is 3.12. The number of piperidine rings is 1. The fourth-order valence-corrected chi connectivity index (χ4v) is 3.12. The lowest BCUT2D eigenvalue weighted by Gasteiger charge is -2.36. The number of amides is 1.